The molecule has 3 heterocycles. The summed E-state index contributed by atoms with van der Waals surface area (Å²) in [4.78, 5) is 53.9. The maximum atomic E-state index is 13.6. The first-order chi connectivity index (χ1) is 18.7. The van der Waals surface area contributed by atoms with E-state index < -0.39 is 35.6 Å². The molecule has 0 radical (unpaired) electrons. The number of amides is 2. The monoisotopic (exact) mass is 536 g/mol. The molecule has 0 spiro atoms. The minimum absolute atomic E-state index is 0.0848. The van der Waals surface area contributed by atoms with Crippen LogP contribution < -0.4 is 26.0 Å². The zero-order valence-corrected chi connectivity index (χ0v) is 21.8. The molecule has 1 fully saturated rings. The van der Waals surface area contributed by atoms with Gasteiger partial charge in [0.1, 0.15) is 19.1 Å². The van der Waals surface area contributed by atoms with Crippen molar-refractivity contribution < 1.29 is 19.0 Å². The molecule has 206 valence electrons. The second kappa shape index (κ2) is 12.4. The number of rotatable bonds is 9. The molecular weight excluding hydrogens is 504 g/mol. The van der Waals surface area contributed by atoms with Crippen LogP contribution in [0, 0.1) is 10.4 Å². The summed E-state index contributed by atoms with van der Waals surface area (Å²) in [6.45, 7) is 0.555. The van der Waals surface area contributed by atoms with Crippen molar-refractivity contribution in [1.82, 2.24) is 19.4 Å². The molecule has 1 unspecified atom stereocenters. The first-order valence-corrected chi connectivity index (χ1v) is 13.0. The number of carbonyl (C=O) groups is 2. The first-order valence-electron chi connectivity index (χ1n) is 13.0. The molecule has 0 bridgehead atoms. The number of hydrogen-bond donors (Lipinski definition) is 1. The topological polar surface area (TPSA) is 147 Å². The molecule has 39 heavy (non-hydrogen) atoms. The molecule has 2 amide bonds. The summed E-state index contributed by atoms with van der Waals surface area (Å²) >= 11 is 0. The van der Waals surface area contributed by atoms with Gasteiger partial charge in [-0.25, -0.2) is 4.79 Å². The first kappa shape index (κ1) is 27.6. The standard InChI is InChI=1S/C27H32N6O6/c1-20(34)30(18-23-12-6-8-15-33(23)39)24(26(36)28-21-9-3-2-4-10-21)19-31-25(35)13-16-29(27(31)37)17-22-11-5-7-14-32(22)38/h5-8,11-16,21,24H,2-4,9-10,17-19H2,1H3,(H,28,36). The van der Waals surface area contributed by atoms with Crippen molar-refractivity contribution in [2.75, 3.05) is 0 Å². The highest BCUT2D eigenvalue weighted by Crippen LogP contribution is 2.18. The molecule has 1 aliphatic carbocycles. The fourth-order valence-electron chi connectivity index (χ4n) is 4.85. The summed E-state index contributed by atoms with van der Waals surface area (Å²) < 4.78 is 3.31. The van der Waals surface area contributed by atoms with Gasteiger partial charge < -0.3 is 20.6 Å². The normalized spacial score (nSPS) is 14.5. The van der Waals surface area contributed by atoms with Gasteiger partial charge in [-0.05, 0) is 25.0 Å². The van der Waals surface area contributed by atoms with Crippen molar-refractivity contribution in [1.29, 1.82) is 0 Å². The summed E-state index contributed by atoms with van der Waals surface area (Å²) in [6.07, 6.45) is 8.48. The van der Waals surface area contributed by atoms with E-state index in [4.69, 9.17) is 0 Å². The van der Waals surface area contributed by atoms with E-state index in [0.717, 1.165) is 36.7 Å². The Morgan fingerprint density at radius 3 is 2.26 bits per heavy atom. The van der Waals surface area contributed by atoms with Crippen LogP contribution in [0.1, 0.15) is 50.4 Å². The number of pyridine rings is 2. The number of hydrogen-bond acceptors (Lipinski definition) is 6. The maximum absolute atomic E-state index is 13.6. The zero-order valence-electron chi connectivity index (χ0n) is 21.8. The van der Waals surface area contributed by atoms with Crippen LogP contribution in [-0.2, 0) is 29.2 Å². The predicted molar refractivity (Wildman–Crippen MR) is 140 cm³/mol. The lowest BCUT2D eigenvalue weighted by atomic mass is 9.95. The molecule has 3 aromatic heterocycles. The predicted octanol–water partition coefficient (Wildman–Crippen LogP) is 0.191. The highest BCUT2D eigenvalue weighted by molar-refractivity contribution is 5.87. The Morgan fingerprint density at radius 2 is 1.64 bits per heavy atom. The summed E-state index contributed by atoms with van der Waals surface area (Å²) in [7, 11) is 0. The number of aromatic nitrogens is 4. The van der Waals surface area contributed by atoms with E-state index in [-0.39, 0.29) is 30.5 Å². The van der Waals surface area contributed by atoms with Gasteiger partial charge in [0.15, 0.2) is 12.4 Å². The van der Waals surface area contributed by atoms with Crippen LogP contribution in [0.4, 0.5) is 0 Å². The van der Waals surface area contributed by atoms with Gasteiger partial charge in [-0.2, -0.15) is 9.46 Å². The molecule has 1 aliphatic rings. The molecular formula is C27H32N6O6. The maximum Gasteiger partial charge on any atom is 0.331 e. The van der Waals surface area contributed by atoms with Crippen molar-refractivity contribution in [2.45, 2.75) is 70.7 Å². The van der Waals surface area contributed by atoms with Crippen LogP contribution in [0.2, 0.25) is 0 Å². The zero-order chi connectivity index (χ0) is 27.9. The van der Waals surface area contributed by atoms with E-state index in [1.807, 2.05) is 0 Å². The Hall–Kier alpha value is -4.48. The lowest BCUT2D eigenvalue weighted by Crippen LogP contribution is -2.56. The summed E-state index contributed by atoms with van der Waals surface area (Å²) in [5.41, 5.74) is -0.878. The molecule has 0 saturated heterocycles. The minimum atomic E-state index is -1.24. The van der Waals surface area contributed by atoms with E-state index in [2.05, 4.69) is 5.32 Å². The lowest BCUT2D eigenvalue weighted by Gasteiger charge is -2.32. The van der Waals surface area contributed by atoms with Gasteiger partial charge in [0.2, 0.25) is 23.2 Å². The van der Waals surface area contributed by atoms with Gasteiger partial charge in [-0.15, -0.1) is 0 Å². The van der Waals surface area contributed by atoms with E-state index in [1.165, 1.54) is 41.0 Å². The Balaban J connectivity index is 1.70. The smallest absolute Gasteiger partial charge is 0.331 e. The van der Waals surface area contributed by atoms with E-state index >= 15 is 0 Å². The second-order valence-corrected chi connectivity index (χ2v) is 9.72. The minimum Gasteiger partial charge on any atom is -0.618 e. The Kier molecular flexibility index (Phi) is 8.74. The van der Waals surface area contributed by atoms with Crippen LogP contribution in [0.25, 0.3) is 0 Å². The molecule has 12 nitrogen and oxygen atoms in total. The van der Waals surface area contributed by atoms with Crippen molar-refractivity contribution in [3.63, 3.8) is 0 Å². The molecule has 4 rings (SSSR count). The molecule has 3 aromatic rings. The lowest BCUT2D eigenvalue weighted by molar-refractivity contribution is -0.615. The average molecular weight is 537 g/mol. The highest BCUT2D eigenvalue weighted by atomic mass is 16.5. The third-order valence-electron chi connectivity index (χ3n) is 7.00. The van der Waals surface area contributed by atoms with Crippen LogP contribution >= 0.6 is 0 Å². The van der Waals surface area contributed by atoms with E-state index in [9.17, 15) is 29.6 Å². The molecule has 1 atom stereocenters. The Labute approximate surface area is 224 Å². The van der Waals surface area contributed by atoms with Crippen molar-refractivity contribution >= 4 is 11.8 Å². The summed E-state index contributed by atoms with van der Waals surface area (Å²) in [6, 6.07) is 9.36. The Bertz CT molecular complexity index is 1440. The summed E-state index contributed by atoms with van der Waals surface area (Å²) in [5.74, 6) is -1.00. The summed E-state index contributed by atoms with van der Waals surface area (Å²) in [5, 5.41) is 27.4. The molecule has 1 N–H and O–H groups in total. The van der Waals surface area contributed by atoms with Gasteiger partial charge in [-0.1, -0.05) is 19.3 Å². The SMILES string of the molecule is CC(=O)N(Cc1cccc[n+]1[O-])C(Cn1c(=O)ccn(Cc2cccc[n+]2[O-])c1=O)C(=O)NC1CCCCC1. The van der Waals surface area contributed by atoms with Crippen LogP contribution in [0.5, 0.6) is 0 Å². The van der Waals surface area contributed by atoms with E-state index in [0.29, 0.717) is 9.46 Å². The molecule has 1 saturated carbocycles. The highest BCUT2D eigenvalue weighted by Gasteiger charge is 2.33. The fourth-order valence-corrected chi connectivity index (χ4v) is 4.85. The fraction of sp³-hybridized carbons (Fsp3) is 0.407. The number of nitrogens with one attached hydrogen (secondary N) is 1. The van der Waals surface area contributed by atoms with Gasteiger partial charge in [0.25, 0.3) is 5.56 Å². The van der Waals surface area contributed by atoms with Crippen LogP contribution in [0.15, 0.2) is 70.6 Å². The number of carbonyl (C=O) groups excluding carboxylic acids is 2. The quantitative estimate of drug-likeness (QED) is 0.305. The third kappa shape index (κ3) is 6.70. The second-order valence-electron chi connectivity index (χ2n) is 9.72. The van der Waals surface area contributed by atoms with Crippen LogP contribution in [0.3, 0.4) is 0 Å². The van der Waals surface area contributed by atoms with Crippen molar-refractivity contribution in [3.05, 3.63) is 104 Å². The third-order valence-corrected chi connectivity index (χ3v) is 7.00. The van der Waals surface area contributed by atoms with Crippen molar-refractivity contribution in [2.24, 2.45) is 0 Å². The van der Waals surface area contributed by atoms with Gasteiger partial charge >= 0.3 is 5.69 Å². The molecule has 0 aliphatic heterocycles. The van der Waals surface area contributed by atoms with Crippen LogP contribution in [-0.4, -0.2) is 37.9 Å². The molecule has 0 aromatic carbocycles. The van der Waals surface area contributed by atoms with Crippen molar-refractivity contribution in [3.8, 4) is 0 Å². The van der Waals surface area contributed by atoms with Gasteiger partial charge in [0.05, 0.1) is 6.54 Å². The largest absolute Gasteiger partial charge is 0.618 e. The van der Waals surface area contributed by atoms with E-state index in [1.54, 1.807) is 36.4 Å². The average Bonchev–Trinajstić information content (AvgIpc) is 2.92. The Morgan fingerprint density at radius 1 is 1.00 bits per heavy atom. The van der Waals surface area contributed by atoms with Gasteiger partial charge in [0, 0.05) is 49.5 Å². The molecule has 12 heteroatoms. The number of nitrogens with zero attached hydrogens (tertiary/aromatic N) is 5. The van der Waals surface area contributed by atoms with Gasteiger partial charge in [-0.3, -0.25) is 23.5 Å².